The molecule has 5 heteroatoms. The average molecular weight is 321 g/mol. The van der Waals surface area contributed by atoms with Crippen molar-refractivity contribution in [3.63, 3.8) is 0 Å². The van der Waals surface area contributed by atoms with Gasteiger partial charge in [0.25, 0.3) is 0 Å². The van der Waals surface area contributed by atoms with Gasteiger partial charge in [-0.3, -0.25) is 4.79 Å². The summed E-state index contributed by atoms with van der Waals surface area (Å²) >= 11 is 0. The van der Waals surface area contributed by atoms with Gasteiger partial charge in [-0.15, -0.1) is 0 Å². The van der Waals surface area contributed by atoms with Crippen LogP contribution in [0.5, 0.6) is 0 Å². The first kappa shape index (κ1) is 15.0. The Morgan fingerprint density at radius 1 is 1.16 bits per heavy atom. The SMILES string of the molecule is O=C(C[n+]1ccc(/C=N/O)cc1)c1ccccc1.[Br-]. The first-order valence-corrected chi connectivity index (χ1v) is 5.54. The Morgan fingerprint density at radius 2 is 1.79 bits per heavy atom. The number of halogens is 1. The standard InChI is InChI=1S/C14H12N2O2.BrH/c17-14(13-4-2-1-3-5-13)11-16-8-6-12(7-9-16)10-15-18;/h1-10H,11H2;1H. The topological polar surface area (TPSA) is 53.5 Å². The van der Waals surface area contributed by atoms with E-state index in [0.717, 1.165) is 5.56 Å². The van der Waals surface area contributed by atoms with E-state index in [9.17, 15) is 4.79 Å². The second-order valence-electron chi connectivity index (χ2n) is 3.84. The third kappa shape index (κ3) is 4.30. The zero-order valence-electron chi connectivity index (χ0n) is 10.1. The van der Waals surface area contributed by atoms with Gasteiger partial charge in [0.05, 0.1) is 6.21 Å². The van der Waals surface area contributed by atoms with Gasteiger partial charge in [-0.2, -0.15) is 4.57 Å². The van der Waals surface area contributed by atoms with Crippen LogP contribution in [-0.4, -0.2) is 17.2 Å². The number of carbonyl (C=O) groups excluding carboxylic acids is 1. The van der Waals surface area contributed by atoms with Crippen molar-refractivity contribution in [2.45, 2.75) is 6.54 Å². The van der Waals surface area contributed by atoms with E-state index < -0.39 is 0 Å². The smallest absolute Gasteiger partial charge is 0.227 e. The largest absolute Gasteiger partial charge is 1.00 e. The van der Waals surface area contributed by atoms with Crippen LogP contribution in [0.4, 0.5) is 0 Å². The minimum atomic E-state index is 0. The Bertz CT molecular complexity index is 553. The first-order valence-electron chi connectivity index (χ1n) is 5.54. The zero-order valence-corrected chi connectivity index (χ0v) is 11.7. The molecule has 0 unspecified atom stereocenters. The highest BCUT2D eigenvalue weighted by molar-refractivity contribution is 5.94. The number of Topliss-reactive ketones (excluding diaryl/α,β-unsaturated/α-hetero) is 1. The molecule has 4 nitrogen and oxygen atoms in total. The van der Waals surface area contributed by atoms with Gasteiger partial charge in [0.2, 0.25) is 12.3 Å². The summed E-state index contributed by atoms with van der Waals surface area (Å²) in [4.78, 5) is 11.9. The van der Waals surface area contributed by atoms with Crippen LogP contribution in [0.25, 0.3) is 0 Å². The summed E-state index contributed by atoms with van der Waals surface area (Å²) in [6, 6.07) is 12.7. The van der Waals surface area contributed by atoms with Crippen molar-refractivity contribution in [2.24, 2.45) is 5.16 Å². The van der Waals surface area contributed by atoms with E-state index in [4.69, 9.17) is 5.21 Å². The molecule has 98 valence electrons. The maximum absolute atomic E-state index is 11.9. The second kappa shape index (κ2) is 7.43. The lowest BCUT2D eigenvalue weighted by atomic mass is 10.1. The van der Waals surface area contributed by atoms with Crippen molar-refractivity contribution in [1.29, 1.82) is 0 Å². The maximum Gasteiger partial charge on any atom is 0.227 e. The molecule has 0 bridgehead atoms. The minimum Gasteiger partial charge on any atom is -1.00 e. The van der Waals surface area contributed by atoms with Crippen molar-refractivity contribution >= 4 is 12.0 Å². The molecular formula is C14H13BrN2O2. The predicted octanol–water partition coefficient (Wildman–Crippen LogP) is -1.33. The summed E-state index contributed by atoms with van der Waals surface area (Å²) in [7, 11) is 0. The van der Waals surface area contributed by atoms with Crippen LogP contribution in [0.3, 0.4) is 0 Å². The molecule has 0 aliphatic heterocycles. The van der Waals surface area contributed by atoms with E-state index in [1.54, 1.807) is 41.2 Å². The number of aromatic nitrogens is 1. The molecule has 19 heavy (non-hydrogen) atoms. The Hall–Kier alpha value is -2.01. The van der Waals surface area contributed by atoms with E-state index in [0.29, 0.717) is 12.1 Å². The summed E-state index contributed by atoms with van der Waals surface area (Å²) in [5.41, 5.74) is 1.48. The molecule has 2 aromatic rings. The molecule has 0 saturated heterocycles. The quantitative estimate of drug-likeness (QED) is 0.249. The lowest BCUT2D eigenvalue weighted by molar-refractivity contribution is -0.683. The molecule has 1 heterocycles. The molecule has 0 spiro atoms. The number of nitrogens with zero attached hydrogens (tertiary/aromatic N) is 2. The lowest BCUT2D eigenvalue weighted by Gasteiger charge is -1.98. The fraction of sp³-hybridized carbons (Fsp3) is 0.0714. The molecule has 0 saturated carbocycles. The molecule has 0 fully saturated rings. The van der Waals surface area contributed by atoms with Gasteiger partial charge in [-0.25, -0.2) is 0 Å². The molecule has 1 aromatic carbocycles. The van der Waals surface area contributed by atoms with Gasteiger partial charge >= 0.3 is 0 Å². The summed E-state index contributed by atoms with van der Waals surface area (Å²) in [5.74, 6) is 0.0594. The number of hydrogen-bond acceptors (Lipinski definition) is 3. The van der Waals surface area contributed by atoms with Crippen molar-refractivity contribution in [3.05, 3.63) is 66.0 Å². The van der Waals surface area contributed by atoms with Crippen LogP contribution >= 0.6 is 0 Å². The normalized spacial score (nSPS) is 10.1. The predicted molar refractivity (Wildman–Crippen MR) is 66.8 cm³/mol. The minimum absolute atomic E-state index is 0. The van der Waals surface area contributed by atoms with Crippen molar-refractivity contribution in [1.82, 2.24) is 0 Å². The van der Waals surface area contributed by atoms with Gasteiger partial charge < -0.3 is 22.2 Å². The summed E-state index contributed by atoms with van der Waals surface area (Å²) in [6.07, 6.45) is 4.89. The first-order chi connectivity index (χ1) is 8.79. The molecule has 2 rings (SSSR count). The highest BCUT2D eigenvalue weighted by Gasteiger charge is 2.10. The van der Waals surface area contributed by atoms with E-state index in [1.807, 2.05) is 18.2 Å². The molecule has 0 atom stereocenters. The van der Waals surface area contributed by atoms with Gasteiger partial charge in [0.15, 0.2) is 12.4 Å². The fourth-order valence-electron chi connectivity index (χ4n) is 1.61. The van der Waals surface area contributed by atoms with Crippen LogP contribution in [0.2, 0.25) is 0 Å². The van der Waals surface area contributed by atoms with Crippen LogP contribution in [0, 0.1) is 0 Å². The monoisotopic (exact) mass is 320 g/mol. The van der Waals surface area contributed by atoms with E-state index in [2.05, 4.69) is 5.16 Å². The summed E-state index contributed by atoms with van der Waals surface area (Å²) < 4.78 is 1.78. The summed E-state index contributed by atoms with van der Waals surface area (Å²) in [6.45, 7) is 0.292. The van der Waals surface area contributed by atoms with Crippen molar-refractivity contribution in [2.75, 3.05) is 0 Å². The lowest BCUT2D eigenvalue weighted by Crippen LogP contribution is -3.00. The number of carbonyl (C=O) groups is 1. The van der Waals surface area contributed by atoms with Gasteiger partial charge in [0.1, 0.15) is 0 Å². The third-order valence-corrected chi connectivity index (χ3v) is 2.55. The Morgan fingerprint density at radius 3 is 2.37 bits per heavy atom. The van der Waals surface area contributed by atoms with Crippen LogP contribution in [0.1, 0.15) is 15.9 Å². The molecule has 1 N–H and O–H groups in total. The highest BCUT2D eigenvalue weighted by atomic mass is 79.9. The van der Waals surface area contributed by atoms with Crippen LogP contribution in [0.15, 0.2) is 60.0 Å². The van der Waals surface area contributed by atoms with Gasteiger partial charge in [-0.05, 0) is 0 Å². The molecule has 0 aliphatic rings. The van der Waals surface area contributed by atoms with Crippen molar-refractivity contribution < 1.29 is 31.6 Å². The van der Waals surface area contributed by atoms with E-state index in [-0.39, 0.29) is 22.8 Å². The van der Waals surface area contributed by atoms with Gasteiger partial charge in [0, 0.05) is 23.3 Å². The maximum atomic E-state index is 11.9. The molecule has 0 amide bonds. The van der Waals surface area contributed by atoms with E-state index >= 15 is 0 Å². The number of benzene rings is 1. The highest BCUT2D eigenvalue weighted by Crippen LogP contribution is 2.00. The van der Waals surface area contributed by atoms with E-state index in [1.165, 1.54) is 6.21 Å². The van der Waals surface area contributed by atoms with Crippen LogP contribution in [-0.2, 0) is 6.54 Å². The van der Waals surface area contributed by atoms with Crippen LogP contribution < -0.4 is 21.5 Å². The number of hydrogen-bond donors (Lipinski definition) is 1. The fourth-order valence-corrected chi connectivity index (χ4v) is 1.61. The number of ketones is 1. The Balaban J connectivity index is 0.00000180. The summed E-state index contributed by atoms with van der Waals surface area (Å²) in [5, 5.41) is 11.3. The number of pyridine rings is 1. The molecular weight excluding hydrogens is 308 g/mol. The third-order valence-electron chi connectivity index (χ3n) is 2.55. The Kier molecular flexibility index (Phi) is 5.89. The Labute approximate surface area is 121 Å². The number of oxime groups is 1. The van der Waals surface area contributed by atoms with Crippen molar-refractivity contribution in [3.8, 4) is 0 Å². The molecule has 1 aromatic heterocycles. The second-order valence-corrected chi connectivity index (χ2v) is 3.84. The van der Waals surface area contributed by atoms with Gasteiger partial charge in [-0.1, -0.05) is 35.5 Å². The molecule has 0 aliphatic carbocycles. The zero-order chi connectivity index (χ0) is 12.8. The number of rotatable bonds is 4. The molecule has 0 radical (unpaired) electrons. The average Bonchev–Trinajstić information content (AvgIpc) is 2.42.